The van der Waals surface area contributed by atoms with Crippen LogP contribution >= 0.6 is 0 Å². The highest BCUT2D eigenvalue weighted by molar-refractivity contribution is 5.85. The number of benzene rings is 1. The molecule has 1 aromatic carbocycles. The lowest BCUT2D eigenvalue weighted by Crippen LogP contribution is -2.36. The number of carbonyl (C=O) groups excluding carboxylic acids is 1. The Morgan fingerprint density at radius 3 is 3.00 bits per heavy atom. The van der Waals surface area contributed by atoms with Crippen LogP contribution in [0.2, 0.25) is 0 Å². The van der Waals surface area contributed by atoms with Crippen molar-refractivity contribution in [3.63, 3.8) is 0 Å². The van der Waals surface area contributed by atoms with Crippen LogP contribution < -0.4 is 10.1 Å². The van der Waals surface area contributed by atoms with E-state index in [1.807, 2.05) is 6.07 Å². The summed E-state index contributed by atoms with van der Waals surface area (Å²) in [6.07, 6.45) is 6.56. The van der Waals surface area contributed by atoms with E-state index in [0.29, 0.717) is 12.0 Å². The Kier molecular flexibility index (Phi) is 3.86. The Bertz CT molecular complexity index is 647. The molecule has 0 bridgehead atoms. The number of aromatic amines is 1. The van der Waals surface area contributed by atoms with Gasteiger partial charge in [-0.2, -0.15) is 0 Å². The van der Waals surface area contributed by atoms with Crippen molar-refractivity contribution in [3.8, 4) is 5.75 Å². The Hall–Kier alpha value is -1.97. The van der Waals surface area contributed by atoms with Gasteiger partial charge in [0.15, 0.2) is 0 Å². The molecule has 1 heterocycles. The monoisotopic (exact) mass is 286 g/mol. The predicted molar refractivity (Wildman–Crippen MR) is 83.7 cm³/mol. The molecule has 3 rings (SSSR count). The number of fused-ring (bicyclic) bond motifs is 1. The fraction of sp³-hybridized carbons (Fsp3) is 0.471. The first-order valence-corrected chi connectivity index (χ1v) is 7.59. The number of nitrogens with one attached hydrogen (secondary N) is 2. The van der Waals surface area contributed by atoms with Crippen LogP contribution in [0.5, 0.6) is 5.75 Å². The number of rotatable bonds is 3. The molecule has 1 aliphatic rings. The molecule has 0 radical (unpaired) electrons. The lowest BCUT2D eigenvalue weighted by molar-refractivity contribution is -0.119. The van der Waals surface area contributed by atoms with Gasteiger partial charge in [0, 0.05) is 30.1 Å². The SMILES string of the molecule is COc1ccc2[nH]cc([C@@H]3CCCC(NC(C)=O)C3)c2c1. The van der Waals surface area contributed by atoms with Crippen LogP contribution in [0.25, 0.3) is 10.9 Å². The highest BCUT2D eigenvalue weighted by Gasteiger charge is 2.25. The van der Waals surface area contributed by atoms with Crippen LogP contribution in [-0.4, -0.2) is 24.0 Å². The minimum absolute atomic E-state index is 0.0706. The summed E-state index contributed by atoms with van der Waals surface area (Å²) in [5.41, 5.74) is 2.49. The topological polar surface area (TPSA) is 54.1 Å². The van der Waals surface area contributed by atoms with Gasteiger partial charge in [0.1, 0.15) is 5.75 Å². The zero-order valence-electron chi connectivity index (χ0n) is 12.6. The molecule has 2 N–H and O–H groups in total. The molecule has 1 saturated carbocycles. The van der Waals surface area contributed by atoms with E-state index in [4.69, 9.17) is 4.74 Å². The number of hydrogen-bond donors (Lipinski definition) is 2. The molecular formula is C17H22N2O2. The van der Waals surface area contributed by atoms with Crippen LogP contribution in [0, 0.1) is 0 Å². The molecule has 1 amide bonds. The molecule has 1 aromatic heterocycles. The van der Waals surface area contributed by atoms with E-state index in [2.05, 4.69) is 28.6 Å². The van der Waals surface area contributed by atoms with Crippen LogP contribution in [-0.2, 0) is 4.79 Å². The Morgan fingerprint density at radius 2 is 2.24 bits per heavy atom. The summed E-state index contributed by atoms with van der Waals surface area (Å²) in [7, 11) is 1.70. The summed E-state index contributed by atoms with van der Waals surface area (Å²) < 4.78 is 5.34. The molecule has 0 aliphatic heterocycles. The Morgan fingerprint density at radius 1 is 1.38 bits per heavy atom. The quantitative estimate of drug-likeness (QED) is 0.909. The number of methoxy groups -OCH3 is 1. The summed E-state index contributed by atoms with van der Waals surface area (Å²) in [5.74, 6) is 1.45. The summed E-state index contributed by atoms with van der Waals surface area (Å²) in [6, 6.07) is 6.44. The summed E-state index contributed by atoms with van der Waals surface area (Å²) in [5, 5.41) is 4.31. The van der Waals surface area contributed by atoms with E-state index in [1.54, 1.807) is 14.0 Å². The van der Waals surface area contributed by atoms with E-state index in [-0.39, 0.29) is 5.91 Å². The second-order valence-corrected chi connectivity index (χ2v) is 5.92. The first-order valence-electron chi connectivity index (χ1n) is 7.59. The lowest BCUT2D eigenvalue weighted by atomic mass is 9.81. The van der Waals surface area contributed by atoms with Crippen molar-refractivity contribution in [2.45, 2.75) is 44.6 Å². The number of H-pyrrole nitrogens is 1. The molecule has 1 fully saturated rings. The number of ether oxygens (including phenoxy) is 1. The average Bonchev–Trinajstić information content (AvgIpc) is 2.89. The average molecular weight is 286 g/mol. The number of hydrogen-bond acceptors (Lipinski definition) is 2. The zero-order chi connectivity index (χ0) is 14.8. The second kappa shape index (κ2) is 5.80. The minimum atomic E-state index is 0.0706. The van der Waals surface area contributed by atoms with E-state index in [0.717, 1.165) is 30.5 Å². The van der Waals surface area contributed by atoms with Gasteiger partial charge in [-0.1, -0.05) is 6.42 Å². The van der Waals surface area contributed by atoms with Gasteiger partial charge in [-0.15, -0.1) is 0 Å². The van der Waals surface area contributed by atoms with Gasteiger partial charge in [-0.25, -0.2) is 0 Å². The third-order valence-corrected chi connectivity index (χ3v) is 4.44. The van der Waals surface area contributed by atoms with E-state index in [9.17, 15) is 4.79 Å². The molecule has 1 unspecified atom stereocenters. The number of carbonyl (C=O) groups is 1. The molecule has 2 atom stereocenters. The summed E-state index contributed by atoms with van der Waals surface area (Å²) >= 11 is 0. The molecule has 21 heavy (non-hydrogen) atoms. The van der Waals surface area contributed by atoms with Crippen molar-refractivity contribution in [1.82, 2.24) is 10.3 Å². The van der Waals surface area contributed by atoms with Gasteiger partial charge in [-0.05, 0) is 48.9 Å². The van der Waals surface area contributed by atoms with Gasteiger partial charge in [0.25, 0.3) is 0 Å². The van der Waals surface area contributed by atoms with Crippen molar-refractivity contribution in [2.24, 2.45) is 0 Å². The van der Waals surface area contributed by atoms with E-state index in [1.165, 1.54) is 17.4 Å². The maximum atomic E-state index is 11.3. The fourth-order valence-electron chi connectivity index (χ4n) is 3.48. The standard InChI is InChI=1S/C17H22N2O2/c1-11(20)19-13-5-3-4-12(8-13)16-10-18-17-7-6-14(21-2)9-15(16)17/h6-7,9-10,12-13,18H,3-5,8H2,1-2H3,(H,19,20)/t12-,13?/m1/s1. The first kappa shape index (κ1) is 14.0. The zero-order valence-corrected chi connectivity index (χ0v) is 12.6. The van der Waals surface area contributed by atoms with Crippen molar-refractivity contribution >= 4 is 16.8 Å². The van der Waals surface area contributed by atoms with Crippen molar-refractivity contribution in [3.05, 3.63) is 30.0 Å². The number of amides is 1. The molecule has 4 heteroatoms. The maximum Gasteiger partial charge on any atom is 0.217 e. The van der Waals surface area contributed by atoms with Gasteiger partial charge >= 0.3 is 0 Å². The van der Waals surface area contributed by atoms with Crippen molar-refractivity contribution in [2.75, 3.05) is 7.11 Å². The van der Waals surface area contributed by atoms with Crippen molar-refractivity contribution < 1.29 is 9.53 Å². The Balaban J connectivity index is 1.87. The summed E-state index contributed by atoms with van der Waals surface area (Å²) in [6.45, 7) is 1.60. The van der Waals surface area contributed by atoms with Crippen molar-refractivity contribution in [1.29, 1.82) is 0 Å². The highest BCUT2D eigenvalue weighted by Crippen LogP contribution is 2.37. The molecule has 1 aliphatic carbocycles. The minimum Gasteiger partial charge on any atom is -0.497 e. The molecule has 2 aromatic rings. The number of aromatic nitrogens is 1. The van der Waals surface area contributed by atoms with Gasteiger partial charge in [-0.3, -0.25) is 4.79 Å². The first-order chi connectivity index (χ1) is 10.2. The van der Waals surface area contributed by atoms with Crippen LogP contribution in [0.4, 0.5) is 0 Å². The van der Waals surface area contributed by atoms with E-state index < -0.39 is 0 Å². The fourth-order valence-corrected chi connectivity index (χ4v) is 3.48. The lowest BCUT2D eigenvalue weighted by Gasteiger charge is -2.29. The molecule has 0 saturated heterocycles. The predicted octanol–water partition coefficient (Wildman–Crippen LogP) is 3.34. The van der Waals surface area contributed by atoms with Crippen LogP contribution in [0.15, 0.2) is 24.4 Å². The van der Waals surface area contributed by atoms with Gasteiger partial charge in [0.05, 0.1) is 7.11 Å². The Labute approximate surface area is 124 Å². The maximum absolute atomic E-state index is 11.3. The molecular weight excluding hydrogens is 264 g/mol. The highest BCUT2D eigenvalue weighted by atomic mass is 16.5. The van der Waals surface area contributed by atoms with Crippen LogP contribution in [0.3, 0.4) is 0 Å². The van der Waals surface area contributed by atoms with Crippen LogP contribution in [0.1, 0.15) is 44.1 Å². The van der Waals surface area contributed by atoms with Gasteiger partial charge in [0.2, 0.25) is 5.91 Å². The second-order valence-electron chi connectivity index (χ2n) is 5.92. The third kappa shape index (κ3) is 2.89. The summed E-state index contributed by atoms with van der Waals surface area (Å²) in [4.78, 5) is 14.6. The molecule has 112 valence electrons. The third-order valence-electron chi connectivity index (χ3n) is 4.44. The molecule has 0 spiro atoms. The molecule has 4 nitrogen and oxygen atoms in total. The largest absolute Gasteiger partial charge is 0.497 e. The smallest absolute Gasteiger partial charge is 0.217 e. The normalized spacial score (nSPS) is 22.2. The van der Waals surface area contributed by atoms with Gasteiger partial charge < -0.3 is 15.0 Å². The van der Waals surface area contributed by atoms with E-state index >= 15 is 0 Å².